The molecule has 1 N–H and O–H groups in total. The molecular formula is C26H24ClFN4O4S. The van der Waals surface area contributed by atoms with Gasteiger partial charge in [0.25, 0.3) is 5.91 Å². The lowest BCUT2D eigenvalue weighted by Crippen LogP contribution is -2.36. The van der Waals surface area contributed by atoms with Gasteiger partial charge in [-0.15, -0.1) is 11.3 Å². The number of methoxy groups -OCH3 is 1. The molecule has 1 aromatic carbocycles. The minimum atomic E-state index is -0.665. The normalized spacial score (nSPS) is 17.6. The molecule has 2 fully saturated rings. The van der Waals surface area contributed by atoms with Crippen molar-refractivity contribution in [3.05, 3.63) is 51.9 Å². The lowest BCUT2D eigenvalue weighted by molar-refractivity contribution is 0.00195. The summed E-state index contributed by atoms with van der Waals surface area (Å²) in [5, 5.41) is 3.19. The van der Waals surface area contributed by atoms with Crippen LogP contribution in [0, 0.1) is 12.7 Å². The van der Waals surface area contributed by atoms with Crippen LogP contribution in [0.2, 0.25) is 5.02 Å². The number of aromatic nitrogens is 2. The van der Waals surface area contributed by atoms with Gasteiger partial charge in [-0.1, -0.05) is 11.6 Å². The number of rotatable bonds is 5. The van der Waals surface area contributed by atoms with Gasteiger partial charge < -0.3 is 19.7 Å². The van der Waals surface area contributed by atoms with Crippen molar-refractivity contribution in [2.24, 2.45) is 0 Å². The number of benzene rings is 1. The molecule has 1 atom stereocenters. The van der Waals surface area contributed by atoms with Gasteiger partial charge in [-0.3, -0.25) is 14.3 Å². The fourth-order valence-electron chi connectivity index (χ4n) is 4.78. The second-order valence-corrected chi connectivity index (χ2v) is 10.7. The van der Waals surface area contributed by atoms with Crippen molar-refractivity contribution >= 4 is 56.0 Å². The van der Waals surface area contributed by atoms with Gasteiger partial charge in [-0.05, 0) is 50.8 Å². The molecule has 1 saturated carbocycles. The average Bonchev–Trinajstić information content (AvgIpc) is 3.29. The number of hydrogen-bond donors (Lipinski definition) is 1. The van der Waals surface area contributed by atoms with Crippen molar-refractivity contribution in [2.45, 2.75) is 44.9 Å². The van der Waals surface area contributed by atoms with E-state index in [9.17, 15) is 9.59 Å². The first-order valence-corrected chi connectivity index (χ1v) is 13.3. The highest BCUT2D eigenvalue weighted by Gasteiger charge is 2.31. The SMILES string of the molecule is COC1CCCN1C(=O)c1cc2nccc(Oc3ccc4c(c3F)c(Cl)c(C)n4C(=O)NC3CC3)c2s1. The van der Waals surface area contributed by atoms with E-state index < -0.39 is 5.82 Å². The van der Waals surface area contributed by atoms with E-state index >= 15 is 4.39 Å². The number of fused-ring (bicyclic) bond motifs is 2. The molecule has 1 unspecified atom stereocenters. The van der Waals surface area contributed by atoms with E-state index in [0.29, 0.717) is 38.6 Å². The summed E-state index contributed by atoms with van der Waals surface area (Å²) in [4.78, 5) is 32.5. The maximum atomic E-state index is 15.7. The van der Waals surface area contributed by atoms with Crippen LogP contribution in [0.25, 0.3) is 21.1 Å². The van der Waals surface area contributed by atoms with E-state index in [1.54, 1.807) is 43.3 Å². The van der Waals surface area contributed by atoms with Crippen LogP contribution in [-0.4, -0.2) is 52.3 Å². The first-order valence-electron chi connectivity index (χ1n) is 12.1. The Labute approximate surface area is 220 Å². The fraction of sp³-hybridized carbons (Fsp3) is 0.346. The van der Waals surface area contributed by atoms with Crippen LogP contribution < -0.4 is 10.1 Å². The van der Waals surface area contributed by atoms with E-state index in [1.807, 2.05) is 0 Å². The van der Waals surface area contributed by atoms with Crippen molar-refractivity contribution in [3.63, 3.8) is 0 Å². The average molecular weight is 543 g/mol. The summed E-state index contributed by atoms with van der Waals surface area (Å²) in [5.41, 5.74) is 1.40. The van der Waals surface area contributed by atoms with Gasteiger partial charge in [0.15, 0.2) is 11.6 Å². The molecule has 1 saturated heterocycles. The van der Waals surface area contributed by atoms with Crippen molar-refractivity contribution in [1.82, 2.24) is 19.8 Å². The van der Waals surface area contributed by atoms with Gasteiger partial charge in [0.1, 0.15) is 12.0 Å². The second kappa shape index (κ2) is 9.27. The van der Waals surface area contributed by atoms with Crippen LogP contribution >= 0.6 is 22.9 Å². The van der Waals surface area contributed by atoms with E-state index in [2.05, 4.69) is 10.3 Å². The maximum Gasteiger partial charge on any atom is 0.326 e. The van der Waals surface area contributed by atoms with Crippen LogP contribution in [-0.2, 0) is 4.74 Å². The largest absolute Gasteiger partial charge is 0.453 e. The van der Waals surface area contributed by atoms with Crippen LogP contribution in [0.3, 0.4) is 0 Å². The van der Waals surface area contributed by atoms with E-state index in [-0.39, 0.29) is 40.4 Å². The Morgan fingerprint density at radius 3 is 2.78 bits per heavy atom. The summed E-state index contributed by atoms with van der Waals surface area (Å²) < 4.78 is 29.2. The third kappa shape index (κ3) is 4.13. The number of carbonyl (C=O) groups is 2. The van der Waals surface area contributed by atoms with Crippen molar-refractivity contribution < 1.29 is 23.5 Å². The molecule has 0 bridgehead atoms. The predicted octanol–water partition coefficient (Wildman–Crippen LogP) is 6.07. The molecule has 11 heteroatoms. The summed E-state index contributed by atoms with van der Waals surface area (Å²) in [6.45, 7) is 2.31. The molecular weight excluding hydrogens is 519 g/mol. The Hall–Kier alpha value is -3.21. The van der Waals surface area contributed by atoms with E-state index in [0.717, 1.165) is 25.7 Å². The Balaban J connectivity index is 1.34. The Morgan fingerprint density at radius 2 is 2.03 bits per heavy atom. The molecule has 0 radical (unpaired) electrons. The number of thiophene rings is 1. The molecule has 8 nitrogen and oxygen atoms in total. The number of likely N-dealkylation sites (tertiary alicyclic amines) is 1. The third-order valence-corrected chi connectivity index (χ3v) is 8.43. The fourth-order valence-corrected chi connectivity index (χ4v) is 6.07. The van der Waals surface area contributed by atoms with Crippen LogP contribution in [0.5, 0.6) is 11.5 Å². The molecule has 192 valence electrons. The number of amides is 2. The summed E-state index contributed by atoms with van der Waals surface area (Å²) in [6, 6.07) is 6.28. The smallest absolute Gasteiger partial charge is 0.326 e. The number of ether oxygens (including phenoxy) is 2. The Bertz CT molecular complexity index is 1560. The molecule has 4 heterocycles. The Kier molecular flexibility index (Phi) is 6.05. The second-order valence-electron chi connectivity index (χ2n) is 9.30. The lowest BCUT2D eigenvalue weighted by Gasteiger charge is -2.22. The standard InChI is InChI=1S/C26H24ClFN4O4S/c1-13-22(27)21-16(32(13)26(34)30-14-5-6-14)7-8-17(23(21)28)36-18-9-10-29-15-12-19(37-24(15)18)25(33)31-11-3-4-20(31)35-2/h7-10,12,14,20H,3-6,11H2,1-2H3,(H,30,34). The molecule has 2 amide bonds. The zero-order valence-corrected chi connectivity index (χ0v) is 21.8. The minimum absolute atomic E-state index is 0.0399. The molecule has 3 aromatic heterocycles. The first kappa shape index (κ1) is 24.1. The summed E-state index contributed by atoms with van der Waals surface area (Å²) in [6.07, 6.45) is 4.87. The van der Waals surface area contributed by atoms with Gasteiger partial charge >= 0.3 is 6.03 Å². The molecule has 0 spiro atoms. The third-order valence-electron chi connectivity index (χ3n) is 6.84. The first-order chi connectivity index (χ1) is 17.9. The highest BCUT2D eigenvalue weighted by atomic mass is 35.5. The van der Waals surface area contributed by atoms with Gasteiger partial charge in [0.2, 0.25) is 0 Å². The molecule has 37 heavy (non-hydrogen) atoms. The number of nitrogens with zero attached hydrogens (tertiary/aromatic N) is 3. The quantitative estimate of drug-likeness (QED) is 0.331. The van der Waals surface area contributed by atoms with Crippen molar-refractivity contribution in [3.8, 4) is 11.5 Å². The minimum Gasteiger partial charge on any atom is -0.453 e. The van der Waals surface area contributed by atoms with Crippen LogP contribution in [0.15, 0.2) is 30.5 Å². The monoisotopic (exact) mass is 542 g/mol. The zero-order valence-electron chi connectivity index (χ0n) is 20.2. The summed E-state index contributed by atoms with van der Waals surface area (Å²) in [7, 11) is 1.60. The topological polar surface area (TPSA) is 85.7 Å². The van der Waals surface area contributed by atoms with E-state index in [4.69, 9.17) is 21.1 Å². The number of hydrogen-bond acceptors (Lipinski definition) is 6. The number of halogens is 2. The van der Waals surface area contributed by atoms with Crippen molar-refractivity contribution in [1.29, 1.82) is 0 Å². The van der Waals surface area contributed by atoms with Crippen molar-refractivity contribution in [2.75, 3.05) is 13.7 Å². The molecule has 4 aromatic rings. The number of pyridine rings is 1. The van der Waals surface area contributed by atoms with Gasteiger partial charge in [-0.25, -0.2) is 9.18 Å². The highest BCUT2D eigenvalue weighted by Crippen LogP contribution is 2.40. The lowest BCUT2D eigenvalue weighted by atomic mass is 10.2. The predicted molar refractivity (Wildman–Crippen MR) is 139 cm³/mol. The highest BCUT2D eigenvalue weighted by molar-refractivity contribution is 7.21. The van der Waals surface area contributed by atoms with E-state index in [1.165, 1.54) is 22.0 Å². The Morgan fingerprint density at radius 1 is 1.22 bits per heavy atom. The van der Waals surface area contributed by atoms with Crippen LogP contribution in [0.1, 0.15) is 41.0 Å². The number of carbonyl (C=O) groups excluding carboxylic acids is 2. The maximum absolute atomic E-state index is 15.7. The zero-order chi connectivity index (χ0) is 25.8. The molecule has 1 aliphatic heterocycles. The summed E-state index contributed by atoms with van der Waals surface area (Å²) in [5.74, 6) is -0.460. The van der Waals surface area contributed by atoms with Gasteiger partial charge in [0.05, 0.1) is 31.0 Å². The summed E-state index contributed by atoms with van der Waals surface area (Å²) >= 11 is 7.73. The number of nitrogens with one attached hydrogen (secondary N) is 1. The van der Waals surface area contributed by atoms with Crippen LogP contribution in [0.4, 0.5) is 9.18 Å². The molecule has 6 rings (SSSR count). The van der Waals surface area contributed by atoms with Gasteiger partial charge in [-0.2, -0.15) is 0 Å². The molecule has 1 aliphatic carbocycles. The molecule has 2 aliphatic rings. The van der Waals surface area contributed by atoms with Gasteiger partial charge in [0, 0.05) is 37.7 Å².